The summed E-state index contributed by atoms with van der Waals surface area (Å²) in [5.74, 6) is 2.65. The Morgan fingerprint density at radius 2 is 1.65 bits per heavy atom. The van der Waals surface area contributed by atoms with Crippen LogP contribution < -0.4 is 10.6 Å². The van der Waals surface area contributed by atoms with Gasteiger partial charge in [0.1, 0.15) is 17.5 Å². The van der Waals surface area contributed by atoms with Crippen molar-refractivity contribution in [1.29, 1.82) is 0 Å². The fourth-order valence-corrected chi connectivity index (χ4v) is 2.03. The fraction of sp³-hybridized carbons (Fsp3) is 0.375. The maximum Gasteiger partial charge on any atom is 0.135 e. The summed E-state index contributed by atoms with van der Waals surface area (Å²) in [7, 11) is 1.89. The number of nitrogens with zero attached hydrogens (tertiary/aromatic N) is 2. The van der Waals surface area contributed by atoms with Crippen LogP contribution in [0.1, 0.15) is 29.4 Å². The van der Waals surface area contributed by atoms with E-state index >= 15 is 0 Å². The highest BCUT2D eigenvalue weighted by Gasteiger charge is 2.08. The van der Waals surface area contributed by atoms with Crippen molar-refractivity contribution in [2.75, 3.05) is 17.7 Å². The van der Waals surface area contributed by atoms with Gasteiger partial charge in [0, 0.05) is 25.6 Å². The van der Waals surface area contributed by atoms with E-state index in [2.05, 4.69) is 58.7 Å². The largest absolute Gasteiger partial charge is 0.373 e. The number of aryl methyl sites for hydroxylation is 2. The second-order valence-corrected chi connectivity index (χ2v) is 4.90. The first-order chi connectivity index (χ1) is 9.63. The lowest BCUT2D eigenvalue weighted by Gasteiger charge is -2.13. The maximum atomic E-state index is 4.57. The van der Waals surface area contributed by atoms with E-state index in [-0.39, 0.29) is 0 Å². The highest BCUT2D eigenvalue weighted by atomic mass is 15.1. The zero-order valence-corrected chi connectivity index (χ0v) is 12.6. The average molecular weight is 270 g/mol. The minimum atomic E-state index is 0.768. The molecular formula is C16H22N4. The van der Waals surface area contributed by atoms with Crippen LogP contribution in [0.25, 0.3) is 0 Å². The second-order valence-electron chi connectivity index (χ2n) is 4.90. The van der Waals surface area contributed by atoms with Crippen molar-refractivity contribution in [2.45, 2.75) is 33.7 Å². The molecule has 1 heterocycles. The maximum absolute atomic E-state index is 4.57. The minimum absolute atomic E-state index is 0.768. The van der Waals surface area contributed by atoms with Crippen LogP contribution >= 0.6 is 0 Å². The Labute approximate surface area is 120 Å². The average Bonchev–Trinajstić information content (AvgIpc) is 2.48. The molecule has 4 heteroatoms. The van der Waals surface area contributed by atoms with Gasteiger partial charge in [0.15, 0.2) is 0 Å². The van der Waals surface area contributed by atoms with Gasteiger partial charge >= 0.3 is 0 Å². The lowest BCUT2D eigenvalue weighted by molar-refractivity contribution is 0.924. The molecule has 1 aromatic heterocycles. The standard InChI is InChI=1S/C16H22N4/c1-5-14-19-15(17-4)12(3)16(20-14)18-10-13-8-6-11(2)7-9-13/h6-9H,5,10H2,1-4H3,(H2,17,18,19,20). The van der Waals surface area contributed by atoms with Crippen LogP contribution in [0.4, 0.5) is 11.6 Å². The summed E-state index contributed by atoms with van der Waals surface area (Å²) in [5, 5.41) is 6.53. The molecule has 0 aliphatic heterocycles. The summed E-state index contributed by atoms with van der Waals surface area (Å²) in [4.78, 5) is 9.04. The Balaban J connectivity index is 2.18. The molecule has 2 aromatic rings. The van der Waals surface area contributed by atoms with Gasteiger partial charge in [-0.1, -0.05) is 36.8 Å². The van der Waals surface area contributed by atoms with E-state index in [9.17, 15) is 0 Å². The molecule has 0 bridgehead atoms. The molecule has 0 fully saturated rings. The number of benzene rings is 1. The zero-order chi connectivity index (χ0) is 14.5. The van der Waals surface area contributed by atoms with Gasteiger partial charge in [0.25, 0.3) is 0 Å². The summed E-state index contributed by atoms with van der Waals surface area (Å²) in [5.41, 5.74) is 3.58. The highest BCUT2D eigenvalue weighted by Crippen LogP contribution is 2.20. The Hall–Kier alpha value is -2.10. The molecule has 0 saturated carbocycles. The molecule has 4 nitrogen and oxygen atoms in total. The van der Waals surface area contributed by atoms with E-state index in [1.165, 1.54) is 11.1 Å². The Kier molecular flexibility index (Phi) is 4.56. The van der Waals surface area contributed by atoms with Gasteiger partial charge in [-0.3, -0.25) is 0 Å². The first-order valence-corrected chi connectivity index (χ1v) is 6.98. The Bertz CT molecular complexity index is 576. The number of anilines is 2. The molecule has 0 saturated heterocycles. The second kappa shape index (κ2) is 6.37. The van der Waals surface area contributed by atoms with Crippen LogP contribution in [-0.4, -0.2) is 17.0 Å². The molecule has 0 aliphatic carbocycles. The number of hydrogen-bond acceptors (Lipinski definition) is 4. The van der Waals surface area contributed by atoms with Gasteiger partial charge < -0.3 is 10.6 Å². The molecule has 0 radical (unpaired) electrons. The lowest BCUT2D eigenvalue weighted by Crippen LogP contribution is -2.09. The SMILES string of the molecule is CCc1nc(NC)c(C)c(NCc2ccc(C)cc2)n1. The van der Waals surface area contributed by atoms with E-state index in [4.69, 9.17) is 0 Å². The van der Waals surface area contributed by atoms with Crippen LogP contribution in [0, 0.1) is 13.8 Å². The monoisotopic (exact) mass is 270 g/mol. The molecule has 106 valence electrons. The van der Waals surface area contributed by atoms with Crippen LogP contribution in [0.2, 0.25) is 0 Å². The molecule has 0 amide bonds. The summed E-state index contributed by atoms with van der Waals surface area (Å²) in [6.45, 7) is 6.96. The van der Waals surface area contributed by atoms with E-state index in [0.29, 0.717) is 0 Å². The molecule has 0 atom stereocenters. The smallest absolute Gasteiger partial charge is 0.135 e. The molecule has 2 N–H and O–H groups in total. The van der Waals surface area contributed by atoms with Gasteiger partial charge in [-0.15, -0.1) is 0 Å². The molecular weight excluding hydrogens is 248 g/mol. The van der Waals surface area contributed by atoms with E-state index in [0.717, 1.165) is 36.0 Å². The van der Waals surface area contributed by atoms with Crippen LogP contribution in [-0.2, 0) is 13.0 Å². The van der Waals surface area contributed by atoms with Crippen molar-refractivity contribution >= 4 is 11.6 Å². The van der Waals surface area contributed by atoms with Crippen molar-refractivity contribution in [2.24, 2.45) is 0 Å². The molecule has 0 unspecified atom stereocenters. The first kappa shape index (κ1) is 14.3. The van der Waals surface area contributed by atoms with Crippen LogP contribution in [0.15, 0.2) is 24.3 Å². The van der Waals surface area contributed by atoms with Gasteiger partial charge in [0.05, 0.1) is 0 Å². The van der Waals surface area contributed by atoms with E-state index in [1.807, 2.05) is 14.0 Å². The van der Waals surface area contributed by atoms with Crippen LogP contribution in [0.3, 0.4) is 0 Å². The third kappa shape index (κ3) is 3.26. The van der Waals surface area contributed by atoms with Crippen molar-refractivity contribution in [3.05, 3.63) is 46.8 Å². The van der Waals surface area contributed by atoms with Crippen molar-refractivity contribution in [3.63, 3.8) is 0 Å². The summed E-state index contributed by atoms with van der Waals surface area (Å²) in [6, 6.07) is 8.53. The predicted molar refractivity (Wildman–Crippen MR) is 84.2 cm³/mol. The van der Waals surface area contributed by atoms with E-state index in [1.54, 1.807) is 0 Å². The first-order valence-electron chi connectivity index (χ1n) is 6.98. The summed E-state index contributed by atoms with van der Waals surface area (Å²) >= 11 is 0. The summed E-state index contributed by atoms with van der Waals surface area (Å²) < 4.78 is 0. The van der Waals surface area contributed by atoms with Crippen LogP contribution in [0.5, 0.6) is 0 Å². The Morgan fingerprint density at radius 3 is 2.25 bits per heavy atom. The number of rotatable bonds is 5. The van der Waals surface area contributed by atoms with Gasteiger partial charge in [-0.05, 0) is 19.4 Å². The highest BCUT2D eigenvalue weighted by molar-refractivity contribution is 5.57. The van der Waals surface area contributed by atoms with Gasteiger partial charge in [-0.25, -0.2) is 9.97 Å². The lowest BCUT2D eigenvalue weighted by atomic mass is 10.1. The van der Waals surface area contributed by atoms with Gasteiger partial charge in [0.2, 0.25) is 0 Å². The molecule has 0 aliphatic rings. The number of aromatic nitrogens is 2. The molecule has 2 rings (SSSR count). The van der Waals surface area contributed by atoms with E-state index < -0.39 is 0 Å². The summed E-state index contributed by atoms with van der Waals surface area (Å²) in [6.07, 6.45) is 0.828. The quantitative estimate of drug-likeness (QED) is 0.875. The minimum Gasteiger partial charge on any atom is -0.373 e. The van der Waals surface area contributed by atoms with Crippen molar-refractivity contribution in [1.82, 2.24) is 9.97 Å². The predicted octanol–water partition coefficient (Wildman–Crippen LogP) is 3.31. The third-order valence-corrected chi connectivity index (χ3v) is 3.33. The fourth-order valence-electron chi connectivity index (χ4n) is 2.03. The molecule has 20 heavy (non-hydrogen) atoms. The molecule has 1 aromatic carbocycles. The topological polar surface area (TPSA) is 49.8 Å². The third-order valence-electron chi connectivity index (χ3n) is 3.33. The number of nitrogens with one attached hydrogen (secondary N) is 2. The normalized spacial score (nSPS) is 10.4. The van der Waals surface area contributed by atoms with Crippen molar-refractivity contribution < 1.29 is 0 Å². The zero-order valence-electron chi connectivity index (χ0n) is 12.6. The van der Waals surface area contributed by atoms with Crippen molar-refractivity contribution in [3.8, 4) is 0 Å². The molecule has 0 spiro atoms. The van der Waals surface area contributed by atoms with Gasteiger partial charge in [-0.2, -0.15) is 0 Å². The Morgan fingerprint density at radius 1 is 1.00 bits per heavy atom. The number of hydrogen-bond donors (Lipinski definition) is 2.